The van der Waals surface area contributed by atoms with Gasteiger partial charge >= 0.3 is 0 Å². The van der Waals surface area contributed by atoms with Crippen molar-refractivity contribution in [2.24, 2.45) is 5.92 Å². The van der Waals surface area contributed by atoms with Crippen molar-refractivity contribution in [1.29, 1.82) is 0 Å². The number of nitrogens with one attached hydrogen (secondary N) is 1. The van der Waals surface area contributed by atoms with E-state index in [2.05, 4.69) is 33.0 Å². The Morgan fingerprint density at radius 3 is 2.32 bits per heavy atom. The fourth-order valence-corrected chi connectivity index (χ4v) is 1.65. The number of amides is 1. The van der Waals surface area contributed by atoms with E-state index in [4.69, 9.17) is 4.74 Å². The Morgan fingerprint density at radius 2 is 1.79 bits per heavy atom. The molecule has 0 radical (unpaired) electrons. The minimum absolute atomic E-state index is 0.0615. The van der Waals surface area contributed by atoms with E-state index in [0.717, 1.165) is 12.2 Å². The van der Waals surface area contributed by atoms with Gasteiger partial charge in [-0.1, -0.05) is 39.8 Å². The van der Waals surface area contributed by atoms with Crippen LogP contribution in [0.25, 0.3) is 0 Å². The molecular weight excluding hydrogens is 238 g/mol. The Balaban J connectivity index is 2.30. The van der Waals surface area contributed by atoms with Gasteiger partial charge in [0.1, 0.15) is 5.75 Å². The van der Waals surface area contributed by atoms with Crippen LogP contribution in [0.3, 0.4) is 0 Å². The average Bonchev–Trinajstić information content (AvgIpc) is 2.36. The minimum Gasteiger partial charge on any atom is -0.484 e. The second-order valence-electron chi connectivity index (χ2n) is 5.54. The van der Waals surface area contributed by atoms with E-state index >= 15 is 0 Å². The van der Waals surface area contributed by atoms with Gasteiger partial charge in [0, 0.05) is 6.54 Å². The third kappa shape index (κ3) is 6.27. The third-order valence-corrected chi connectivity index (χ3v) is 2.96. The zero-order chi connectivity index (χ0) is 14.3. The molecule has 19 heavy (non-hydrogen) atoms. The summed E-state index contributed by atoms with van der Waals surface area (Å²) in [6, 6.07) is 7.90. The lowest BCUT2D eigenvalue weighted by molar-refractivity contribution is -0.123. The third-order valence-electron chi connectivity index (χ3n) is 2.96. The average molecular weight is 263 g/mol. The van der Waals surface area contributed by atoms with Crippen molar-refractivity contribution in [2.75, 3.05) is 13.2 Å². The molecule has 0 aliphatic rings. The highest BCUT2D eigenvalue weighted by atomic mass is 16.5. The highest BCUT2D eigenvalue weighted by Crippen LogP contribution is 2.18. The molecule has 106 valence electrons. The topological polar surface area (TPSA) is 38.3 Å². The number of carbonyl (C=O) groups excluding carboxylic acids is 1. The molecule has 3 heteroatoms. The van der Waals surface area contributed by atoms with Crippen LogP contribution in [0.4, 0.5) is 0 Å². The number of ether oxygens (including phenoxy) is 1. The van der Waals surface area contributed by atoms with Crippen LogP contribution < -0.4 is 10.1 Å². The molecule has 0 aliphatic carbocycles. The van der Waals surface area contributed by atoms with E-state index in [9.17, 15) is 4.79 Å². The molecule has 1 N–H and O–H groups in total. The summed E-state index contributed by atoms with van der Waals surface area (Å²) in [6.45, 7) is 9.37. The molecule has 0 unspecified atom stereocenters. The molecule has 0 bridgehead atoms. The van der Waals surface area contributed by atoms with E-state index in [-0.39, 0.29) is 12.5 Å². The van der Waals surface area contributed by atoms with Gasteiger partial charge in [0.05, 0.1) is 0 Å². The second kappa shape index (κ2) is 7.82. The Bertz CT molecular complexity index is 382. The summed E-state index contributed by atoms with van der Waals surface area (Å²) in [5, 5.41) is 2.85. The van der Waals surface area contributed by atoms with Crippen molar-refractivity contribution in [3.63, 3.8) is 0 Å². The maximum atomic E-state index is 11.5. The van der Waals surface area contributed by atoms with Crippen LogP contribution >= 0.6 is 0 Å². The molecule has 0 atom stereocenters. The molecule has 1 aromatic rings. The molecule has 0 aromatic heterocycles. The smallest absolute Gasteiger partial charge is 0.257 e. The number of hydrogen-bond donors (Lipinski definition) is 1. The van der Waals surface area contributed by atoms with Gasteiger partial charge < -0.3 is 10.1 Å². The Hall–Kier alpha value is -1.51. The van der Waals surface area contributed by atoms with Crippen molar-refractivity contribution in [1.82, 2.24) is 5.32 Å². The second-order valence-corrected chi connectivity index (χ2v) is 5.54. The van der Waals surface area contributed by atoms with Gasteiger partial charge in [-0.15, -0.1) is 0 Å². The summed E-state index contributed by atoms with van der Waals surface area (Å²) >= 11 is 0. The van der Waals surface area contributed by atoms with Crippen LogP contribution in [0.2, 0.25) is 0 Å². The monoisotopic (exact) mass is 263 g/mol. The van der Waals surface area contributed by atoms with Crippen LogP contribution in [0.15, 0.2) is 24.3 Å². The lowest BCUT2D eigenvalue weighted by Crippen LogP contribution is -2.30. The predicted octanol–water partition coefficient (Wildman–Crippen LogP) is 3.35. The lowest BCUT2D eigenvalue weighted by Gasteiger charge is -2.10. The Kier molecular flexibility index (Phi) is 6.40. The maximum Gasteiger partial charge on any atom is 0.257 e. The van der Waals surface area contributed by atoms with Gasteiger partial charge in [-0.3, -0.25) is 4.79 Å². The largest absolute Gasteiger partial charge is 0.484 e. The van der Waals surface area contributed by atoms with Crippen LogP contribution in [0, 0.1) is 5.92 Å². The molecule has 0 spiro atoms. The van der Waals surface area contributed by atoms with E-state index in [1.165, 1.54) is 5.56 Å². The summed E-state index contributed by atoms with van der Waals surface area (Å²) < 4.78 is 5.45. The molecule has 0 fully saturated rings. The molecule has 0 aliphatic heterocycles. The fourth-order valence-electron chi connectivity index (χ4n) is 1.65. The quantitative estimate of drug-likeness (QED) is 0.819. The Morgan fingerprint density at radius 1 is 1.16 bits per heavy atom. The zero-order valence-corrected chi connectivity index (χ0v) is 12.4. The predicted molar refractivity (Wildman–Crippen MR) is 78.5 cm³/mol. The summed E-state index contributed by atoms with van der Waals surface area (Å²) in [7, 11) is 0. The number of carbonyl (C=O) groups is 1. The Labute approximate surface area is 116 Å². The van der Waals surface area contributed by atoms with Crippen molar-refractivity contribution in [2.45, 2.75) is 40.0 Å². The van der Waals surface area contributed by atoms with Gasteiger partial charge in [-0.2, -0.15) is 0 Å². The van der Waals surface area contributed by atoms with Gasteiger partial charge in [-0.05, 0) is 36.0 Å². The van der Waals surface area contributed by atoms with E-state index in [1.807, 2.05) is 24.3 Å². The molecule has 3 nitrogen and oxygen atoms in total. The number of rotatable bonds is 7. The van der Waals surface area contributed by atoms with E-state index < -0.39 is 0 Å². The number of benzene rings is 1. The first-order valence-corrected chi connectivity index (χ1v) is 6.98. The fraction of sp³-hybridized carbons (Fsp3) is 0.562. The van der Waals surface area contributed by atoms with Crippen LogP contribution in [-0.4, -0.2) is 19.1 Å². The van der Waals surface area contributed by atoms with E-state index in [1.54, 1.807) is 0 Å². The highest BCUT2D eigenvalue weighted by molar-refractivity contribution is 5.77. The summed E-state index contributed by atoms with van der Waals surface area (Å²) in [5.41, 5.74) is 1.27. The van der Waals surface area contributed by atoms with Gasteiger partial charge in [0.2, 0.25) is 0 Å². The van der Waals surface area contributed by atoms with Gasteiger partial charge in [0.25, 0.3) is 5.91 Å². The maximum absolute atomic E-state index is 11.5. The zero-order valence-electron chi connectivity index (χ0n) is 12.4. The van der Waals surface area contributed by atoms with E-state index in [0.29, 0.717) is 18.4 Å². The van der Waals surface area contributed by atoms with Crippen LogP contribution in [-0.2, 0) is 4.79 Å². The van der Waals surface area contributed by atoms with Crippen molar-refractivity contribution in [3.8, 4) is 5.75 Å². The highest BCUT2D eigenvalue weighted by Gasteiger charge is 2.04. The first-order valence-electron chi connectivity index (χ1n) is 6.98. The van der Waals surface area contributed by atoms with Crippen molar-refractivity contribution >= 4 is 5.91 Å². The normalized spacial score (nSPS) is 10.8. The summed E-state index contributed by atoms with van der Waals surface area (Å²) in [6.07, 6.45) is 0.995. The van der Waals surface area contributed by atoms with Crippen LogP contribution in [0.1, 0.15) is 45.6 Å². The van der Waals surface area contributed by atoms with Gasteiger partial charge in [-0.25, -0.2) is 0 Å². The molecule has 0 heterocycles. The van der Waals surface area contributed by atoms with Crippen molar-refractivity contribution < 1.29 is 9.53 Å². The molecule has 0 saturated heterocycles. The molecule has 0 saturated carbocycles. The van der Waals surface area contributed by atoms with Crippen LogP contribution in [0.5, 0.6) is 5.75 Å². The molecular formula is C16H25NO2. The summed E-state index contributed by atoms with van der Waals surface area (Å²) in [5.74, 6) is 1.79. The van der Waals surface area contributed by atoms with Crippen molar-refractivity contribution in [3.05, 3.63) is 29.8 Å². The summed E-state index contributed by atoms with van der Waals surface area (Å²) in [4.78, 5) is 11.5. The lowest BCUT2D eigenvalue weighted by atomic mass is 10.0. The molecule has 1 rings (SSSR count). The first-order chi connectivity index (χ1) is 8.99. The SMILES string of the molecule is CC(C)CCNC(=O)COc1ccc(C(C)C)cc1. The minimum atomic E-state index is -0.0615. The molecule has 1 aromatic carbocycles. The first kappa shape index (κ1) is 15.5. The van der Waals surface area contributed by atoms with Gasteiger partial charge in [0.15, 0.2) is 6.61 Å². The number of hydrogen-bond acceptors (Lipinski definition) is 2. The standard InChI is InChI=1S/C16H25NO2/c1-12(2)9-10-17-16(18)11-19-15-7-5-14(6-8-15)13(3)4/h5-8,12-13H,9-11H2,1-4H3,(H,17,18). The molecule has 1 amide bonds.